The Balaban J connectivity index is 1.56. The average molecular weight is 590 g/mol. The summed E-state index contributed by atoms with van der Waals surface area (Å²) in [6.45, 7) is 2.26. The zero-order chi connectivity index (χ0) is 29.9. The van der Waals surface area contributed by atoms with Gasteiger partial charge in [0.05, 0.1) is 19.8 Å². The van der Waals surface area contributed by atoms with Crippen molar-refractivity contribution in [2.24, 2.45) is 5.41 Å². The number of benzene rings is 4. The number of methoxy groups -OCH3 is 1. The van der Waals surface area contributed by atoms with Crippen LogP contribution in [0, 0.1) is 5.41 Å². The van der Waals surface area contributed by atoms with Crippen molar-refractivity contribution in [3.63, 3.8) is 0 Å². The Bertz CT molecular complexity index is 1810. The lowest BCUT2D eigenvalue weighted by atomic mass is 9.64. The first-order valence-corrected chi connectivity index (χ1v) is 14.6. The number of nitrogens with zero attached hydrogens (tertiary/aromatic N) is 1. The first-order chi connectivity index (χ1) is 20.9. The lowest BCUT2D eigenvalue weighted by Gasteiger charge is -2.37. The molecule has 2 aliphatic heterocycles. The van der Waals surface area contributed by atoms with Gasteiger partial charge in [0.2, 0.25) is 0 Å². The second-order valence-corrected chi connectivity index (χ2v) is 11.4. The summed E-state index contributed by atoms with van der Waals surface area (Å²) in [6, 6.07) is 25.1. The first-order valence-electron chi connectivity index (χ1n) is 14.3. The van der Waals surface area contributed by atoms with E-state index in [0.717, 1.165) is 11.3 Å². The third-order valence-electron chi connectivity index (χ3n) is 8.94. The largest absolute Gasteiger partial charge is 0.497 e. The minimum absolute atomic E-state index is 0.232. The van der Waals surface area contributed by atoms with Crippen molar-refractivity contribution in [2.45, 2.75) is 24.9 Å². The van der Waals surface area contributed by atoms with E-state index in [4.69, 9.17) is 21.1 Å². The van der Waals surface area contributed by atoms with Crippen molar-refractivity contribution >= 4 is 40.7 Å². The highest BCUT2D eigenvalue weighted by atomic mass is 35.5. The van der Waals surface area contributed by atoms with Gasteiger partial charge in [0.1, 0.15) is 23.0 Å². The fourth-order valence-electron chi connectivity index (χ4n) is 7.26. The molecule has 0 radical (unpaired) electrons. The SMILES string of the molecule is CCOc1ccccc1C1C(C(=O)c2cccc(OC)c2)N2c3ccc(Cl)cc3C=CC2C12C(=O)c1ccccc1C2=O. The summed E-state index contributed by atoms with van der Waals surface area (Å²) < 4.78 is 11.6. The van der Waals surface area contributed by atoms with Crippen molar-refractivity contribution in [1.29, 1.82) is 0 Å². The summed E-state index contributed by atoms with van der Waals surface area (Å²) in [5.74, 6) is -0.616. The van der Waals surface area contributed by atoms with Crippen LogP contribution in [0.2, 0.25) is 5.02 Å². The summed E-state index contributed by atoms with van der Waals surface area (Å²) in [5.41, 5.74) is 1.70. The van der Waals surface area contributed by atoms with Crippen LogP contribution in [0.3, 0.4) is 0 Å². The maximum absolute atomic E-state index is 14.9. The highest BCUT2D eigenvalue weighted by molar-refractivity contribution is 6.33. The molecule has 3 aliphatic rings. The number of anilines is 1. The minimum atomic E-state index is -1.62. The van der Waals surface area contributed by atoms with Crippen molar-refractivity contribution in [3.05, 3.63) is 130 Å². The van der Waals surface area contributed by atoms with Crippen molar-refractivity contribution in [2.75, 3.05) is 18.6 Å². The summed E-state index contributed by atoms with van der Waals surface area (Å²) in [4.78, 5) is 46.5. The fourth-order valence-corrected chi connectivity index (χ4v) is 7.44. The standard InChI is InChI=1S/C36H28ClNO5/c1-3-43-29-14-7-6-13-27(29)31-32(33(39)22-9-8-10-24(20-22)42-2)38-28-17-16-23(37)19-21(28)15-18-30(38)36(31)34(40)25-11-4-5-12-26(25)35(36)41/h4-20,30-32H,3H2,1-2H3. The van der Waals surface area contributed by atoms with Crippen LogP contribution in [0.5, 0.6) is 11.5 Å². The molecule has 6 nitrogen and oxygen atoms in total. The lowest BCUT2D eigenvalue weighted by Crippen LogP contribution is -2.48. The maximum Gasteiger partial charge on any atom is 0.186 e. The van der Waals surface area contributed by atoms with Gasteiger partial charge in [-0.2, -0.15) is 0 Å². The number of hydrogen-bond acceptors (Lipinski definition) is 6. The molecule has 4 aromatic carbocycles. The molecule has 43 heavy (non-hydrogen) atoms. The smallest absolute Gasteiger partial charge is 0.186 e. The van der Waals surface area contributed by atoms with Gasteiger partial charge in [-0.25, -0.2) is 0 Å². The quantitative estimate of drug-likeness (QED) is 0.177. The molecule has 2 heterocycles. The van der Waals surface area contributed by atoms with E-state index in [1.165, 1.54) is 0 Å². The topological polar surface area (TPSA) is 72.9 Å². The molecular weight excluding hydrogens is 562 g/mol. The Labute approximate surface area is 254 Å². The van der Waals surface area contributed by atoms with E-state index in [1.54, 1.807) is 61.7 Å². The van der Waals surface area contributed by atoms with E-state index < -0.39 is 23.4 Å². The van der Waals surface area contributed by atoms with E-state index >= 15 is 0 Å². The zero-order valence-corrected chi connectivity index (χ0v) is 24.4. The van der Waals surface area contributed by atoms with Crippen LogP contribution >= 0.6 is 11.6 Å². The number of rotatable bonds is 6. The van der Waals surface area contributed by atoms with Gasteiger partial charge in [-0.05, 0) is 48.9 Å². The highest BCUT2D eigenvalue weighted by Crippen LogP contribution is 2.62. The molecule has 0 bridgehead atoms. The number of Topliss-reactive ketones (excluding diaryl/α,β-unsaturated/α-hetero) is 3. The van der Waals surface area contributed by atoms with Gasteiger partial charge in [-0.15, -0.1) is 0 Å². The van der Waals surface area contributed by atoms with Crippen LogP contribution < -0.4 is 14.4 Å². The third kappa shape index (κ3) is 3.83. The number of halogens is 1. The molecule has 0 aromatic heterocycles. The molecule has 7 heteroatoms. The lowest BCUT2D eigenvalue weighted by molar-refractivity contribution is 0.0664. The second-order valence-electron chi connectivity index (χ2n) is 11.0. The predicted octanol–water partition coefficient (Wildman–Crippen LogP) is 7.06. The van der Waals surface area contributed by atoms with E-state index in [-0.39, 0.29) is 17.3 Å². The Morgan fingerprint density at radius 3 is 2.35 bits per heavy atom. The summed E-state index contributed by atoms with van der Waals surface area (Å²) in [6.07, 6.45) is 3.78. The third-order valence-corrected chi connectivity index (χ3v) is 9.18. The average Bonchev–Trinajstić information content (AvgIpc) is 3.47. The Kier molecular flexibility index (Phi) is 6.47. The second kappa shape index (κ2) is 10.2. The summed E-state index contributed by atoms with van der Waals surface area (Å²) in [7, 11) is 1.55. The molecule has 7 rings (SSSR count). The van der Waals surface area contributed by atoms with Crippen LogP contribution in [0.1, 0.15) is 55.0 Å². The number of fused-ring (bicyclic) bond motifs is 5. The predicted molar refractivity (Wildman–Crippen MR) is 166 cm³/mol. The monoisotopic (exact) mass is 589 g/mol. The Morgan fingerprint density at radius 1 is 0.907 bits per heavy atom. The molecule has 1 saturated heterocycles. The molecule has 4 aromatic rings. The molecular formula is C36H28ClNO5. The van der Waals surface area contributed by atoms with Crippen LogP contribution in [0.15, 0.2) is 97.1 Å². The van der Waals surface area contributed by atoms with Gasteiger partial charge in [0.25, 0.3) is 0 Å². The van der Waals surface area contributed by atoms with E-state index in [9.17, 15) is 14.4 Å². The summed E-state index contributed by atoms with van der Waals surface area (Å²) >= 11 is 6.40. The van der Waals surface area contributed by atoms with Gasteiger partial charge in [0.15, 0.2) is 17.3 Å². The van der Waals surface area contributed by atoms with Crippen LogP contribution in [-0.4, -0.2) is 43.2 Å². The molecule has 1 spiro atoms. The summed E-state index contributed by atoms with van der Waals surface area (Å²) in [5, 5.41) is 0.546. The number of ether oxygens (including phenoxy) is 2. The fraction of sp³-hybridized carbons (Fsp3) is 0.194. The number of carbonyl (C=O) groups is 3. The number of ketones is 3. The molecule has 0 amide bonds. The molecule has 1 fully saturated rings. The van der Waals surface area contributed by atoms with Crippen LogP contribution in [-0.2, 0) is 0 Å². The molecule has 3 atom stereocenters. The minimum Gasteiger partial charge on any atom is -0.497 e. The Morgan fingerprint density at radius 2 is 1.63 bits per heavy atom. The first kappa shape index (κ1) is 27.2. The number of hydrogen-bond donors (Lipinski definition) is 0. The van der Waals surface area contributed by atoms with Gasteiger partial charge >= 0.3 is 0 Å². The van der Waals surface area contributed by atoms with Gasteiger partial charge < -0.3 is 14.4 Å². The normalized spacial score (nSPS) is 21.0. The molecule has 0 saturated carbocycles. The Hall–Kier alpha value is -4.68. The molecule has 3 unspecified atom stereocenters. The van der Waals surface area contributed by atoms with Crippen molar-refractivity contribution < 1.29 is 23.9 Å². The van der Waals surface area contributed by atoms with Gasteiger partial charge in [0, 0.05) is 38.9 Å². The molecule has 214 valence electrons. The number of carbonyl (C=O) groups excluding carboxylic acids is 3. The van der Waals surface area contributed by atoms with Crippen LogP contribution in [0.25, 0.3) is 6.08 Å². The van der Waals surface area contributed by atoms with Crippen LogP contribution in [0.4, 0.5) is 5.69 Å². The maximum atomic E-state index is 14.9. The highest BCUT2D eigenvalue weighted by Gasteiger charge is 2.72. The van der Waals surface area contributed by atoms with E-state index in [1.807, 2.05) is 60.4 Å². The van der Waals surface area contributed by atoms with E-state index in [2.05, 4.69) is 0 Å². The van der Waals surface area contributed by atoms with Crippen molar-refractivity contribution in [3.8, 4) is 11.5 Å². The van der Waals surface area contributed by atoms with Gasteiger partial charge in [-0.3, -0.25) is 14.4 Å². The zero-order valence-electron chi connectivity index (χ0n) is 23.6. The number of para-hydroxylation sites is 1. The van der Waals surface area contributed by atoms with E-state index in [0.29, 0.717) is 45.4 Å². The molecule has 1 aliphatic carbocycles. The molecule has 0 N–H and O–H groups in total. The van der Waals surface area contributed by atoms with Gasteiger partial charge in [-0.1, -0.05) is 78.4 Å². The van der Waals surface area contributed by atoms with Crippen molar-refractivity contribution in [1.82, 2.24) is 0 Å².